The minimum absolute atomic E-state index is 0.0957. The Bertz CT molecular complexity index is 1030. The summed E-state index contributed by atoms with van der Waals surface area (Å²) >= 11 is 0. The van der Waals surface area contributed by atoms with E-state index in [1.54, 1.807) is 7.11 Å². The molecule has 7 nitrogen and oxygen atoms in total. The molecule has 3 heterocycles. The van der Waals surface area contributed by atoms with Gasteiger partial charge in [0.15, 0.2) is 0 Å². The van der Waals surface area contributed by atoms with E-state index in [0.29, 0.717) is 26.1 Å². The summed E-state index contributed by atoms with van der Waals surface area (Å²) in [6.45, 7) is 3.95. The van der Waals surface area contributed by atoms with Crippen LogP contribution in [0.25, 0.3) is 10.9 Å². The molecule has 2 fully saturated rings. The Hall–Kier alpha value is -2.54. The SMILES string of the molecule is CCCC(=O)N1CCC2(CC1)CN(C(=O)C1CC1)[C@@H](CO)c1[nH]c3cc(OC)ccc3c12. The van der Waals surface area contributed by atoms with E-state index in [1.807, 2.05) is 28.9 Å². The first-order valence-corrected chi connectivity index (χ1v) is 11.9. The molecule has 0 bridgehead atoms. The van der Waals surface area contributed by atoms with Crippen LogP contribution in [0.5, 0.6) is 5.75 Å². The highest BCUT2D eigenvalue weighted by atomic mass is 16.5. The van der Waals surface area contributed by atoms with Crippen molar-refractivity contribution in [3.05, 3.63) is 29.5 Å². The first-order valence-electron chi connectivity index (χ1n) is 11.9. The summed E-state index contributed by atoms with van der Waals surface area (Å²) < 4.78 is 5.43. The van der Waals surface area contributed by atoms with Crippen LogP contribution >= 0.6 is 0 Å². The third-order valence-electron chi connectivity index (χ3n) is 7.67. The zero-order chi connectivity index (χ0) is 22.5. The summed E-state index contributed by atoms with van der Waals surface area (Å²) in [6, 6.07) is 5.69. The molecule has 7 heteroatoms. The van der Waals surface area contributed by atoms with Crippen LogP contribution in [0.15, 0.2) is 18.2 Å². The predicted octanol–water partition coefficient (Wildman–Crippen LogP) is 3.12. The molecule has 1 aromatic heterocycles. The number of carbonyl (C=O) groups is 2. The van der Waals surface area contributed by atoms with Crippen LogP contribution in [0, 0.1) is 5.92 Å². The lowest BCUT2D eigenvalue weighted by molar-refractivity contribution is -0.140. The van der Waals surface area contributed by atoms with E-state index in [1.165, 1.54) is 5.56 Å². The minimum Gasteiger partial charge on any atom is -0.497 e. The van der Waals surface area contributed by atoms with Crippen molar-refractivity contribution in [3.8, 4) is 5.75 Å². The molecule has 2 N–H and O–H groups in total. The maximum Gasteiger partial charge on any atom is 0.226 e. The Morgan fingerprint density at radius 2 is 2.00 bits per heavy atom. The largest absolute Gasteiger partial charge is 0.497 e. The van der Waals surface area contributed by atoms with Crippen LogP contribution < -0.4 is 4.74 Å². The number of H-pyrrole nitrogens is 1. The Balaban J connectivity index is 1.58. The molecule has 3 aliphatic rings. The number of fused-ring (bicyclic) bond motifs is 4. The number of benzene rings is 1. The number of rotatable bonds is 5. The number of aliphatic hydroxyl groups excluding tert-OH is 1. The first kappa shape index (κ1) is 21.3. The van der Waals surface area contributed by atoms with E-state index in [2.05, 4.69) is 11.1 Å². The van der Waals surface area contributed by atoms with Crippen LogP contribution in [0.1, 0.15) is 62.7 Å². The van der Waals surface area contributed by atoms with Crippen molar-refractivity contribution in [2.24, 2.45) is 5.92 Å². The lowest BCUT2D eigenvalue weighted by Gasteiger charge is -2.50. The van der Waals surface area contributed by atoms with Crippen LogP contribution in [-0.4, -0.2) is 65.1 Å². The van der Waals surface area contributed by atoms with E-state index in [-0.39, 0.29) is 35.8 Å². The Labute approximate surface area is 188 Å². The molecular formula is C25H33N3O4. The van der Waals surface area contributed by atoms with Gasteiger partial charge in [-0.05, 0) is 49.8 Å². The number of aromatic amines is 1. The van der Waals surface area contributed by atoms with Gasteiger partial charge in [0.1, 0.15) is 5.75 Å². The molecule has 2 amide bonds. The number of amides is 2. The van der Waals surface area contributed by atoms with Gasteiger partial charge in [-0.25, -0.2) is 0 Å². The summed E-state index contributed by atoms with van der Waals surface area (Å²) in [5.41, 5.74) is 2.92. The highest BCUT2D eigenvalue weighted by Gasteiger charge is 2.50. The molecule has 1 aliphatic carbocycles. The first-order chi connectivity index (χ1) is 15.5. The van der Waals surface area contributed by atoms with Gasteiger partial charge >= 0.3 is 0 Å². The molecule has 2 aliphatic heterocycles. The summed E-state index contributed by atoms with van der Waals surface area (Å²) in [4.78, 5) is 33.2. The van der Waals surface area contributed by atoms with Crippen LogP contribution in [0.4, 0.5) is 0 Å². The lowest BCUT2D eigenvalue weighted by Crippen LogP contribution is -2.56. The zero-order valence-electron chi connectivity index (χ0n) is 19.0. The van der Waals surface area contributed by atoms with Gasteiger partial charge in [-0.15, -0.1) is 0 Å². The predicted molar refractivity (Wildman–Crippen MR) is 122 cm³/mol. The number of aromatic nitrogens is 1. The van der Waals surface area contributed by atoms with Crippen molar-refractivity contribution in [2.45, 2.75) is 56.9 Å². The van der Waals surface area contributed by atoms with E-state index < -0.39 is 0 Å². The van der Waals surface area contributed by atoms with E-state index in [0.717, 1.165) is 54.5 Å². The average molecular weight is 440 g/mol. The highest BCUT2D eigenvalue weighted by Crippen LogP contribution is 2.50. The van der Waals surface area contributed by atoms with Crippen molar-refractivity contribution >= 4 is 22.7 Å². The number of hydrogen-bond acceptors (Lipinski definition) is 4. The molecule has 1 spiro atoms. The fourth-order valence-electron chi connectivity index (χ4n) is 5.77. The number of hydrogen-bond donors (Lipinski definition) is 2. The summed E-state index contributed by atoms with van der Waals surface area (Å²) in [7, 11) is 1.65. The van der Waals surface area contributed by atoms with Gasteiger partial charge in [-0.1, -0.05) is 6.92 Å². The Morgan fingerprint density at radius 3 is 2.62 bits per heavy atom. The van der Waals surface area contributed by atoms with Crippen molar-refractivity contribution < 1.29 is 19.4 Å². The van der Waals surface area contributed by atoms with Gasteiger partial charge in [-0.3, -0.25) is 9.59 Å². The molecule has 1 saturated carbocycles. The standard InChI is InChI=1S/C25H33N3O4/c1-3-4-21(30)27-11-9-25(10-12-27)15-28(24(31)16-5-6-16)20(14-29)23-22(25)18-8-7-17(32-2)13-19(18)26-23/h7-8,13,16,20,26,29H,3-6,9-12,14-15H2,1-2H3/t20-/m0/s1. The molecule has 2 aromatic rings. The topological polar surface area (TPSA) is 85.9 Å². The van der Waals surface area contributed by atoms with Gasteiger partial charge in [0, 0.05) is 60.1 Å². The van der Waals surface area contributed by atoms with Crippen LogP contribution in [0.2, 0.25) is 0 Å². The second-order valence-electron chi connectivity index (χ2n) is 9.68. The van der Waals surface area contributed by atoms with Gasteiger partial charge in [0.05, 0.1) is 19.8 Å². The van der Waals surface area contributed by atoms with Crippen molar-refractivity contribution in [2.75, 3.05) is 33.4 Å². The zero-order valence-corrected chi connectivity index (χ0v) is 19.0. The van der Waals surface area contributed by atoms with E-state index in [4.69, 9.17) is 4.74 Å². The van der Waals surface area contributed by atoms with Crippen LogP contribution in [-0.2, 0) is 15.0 Å². The monoisotopic (exact) mass is 439 g/mol. The summed E-state index contributed by atoms with van der Waals surface area (Å²) in [5, 5.41) is 11.5. The number of nitrogens with zero attached hydrogens (tertiary/aromatic N) is 2. The second-order valence-corrected chi connectivity index (χ2v) is 9.68. The number of methoxy groups -OCH3 is 1. The minimum atomic E-state index is -0.359. The molecule has 1 saturated heterocycles. The molecule has 32 heavy (non-hydrogen) atoms. The summed E-state index contributed by atoms with van der Waals surface area (Å²) in [6.07, 6.45) is 4.97. The van der Waals surface area contributed by atoms with Crippen molar-refractivity contribution in [3.63, 3.8) is 0 Å². The van der Waals surface area contributed by atoms with Crippen molar-refractivity contribution in [1.29, 1.82) is 0 Å². The van der Waals surface area contributed by atoms with Crippen molar-refractivity contribution in [1.82, 2.24) is 14.8 Å². The third kappa shape index (κ3) is 3.38. The smallest absolute Gasteiger partial charge is 0.226 e. The molecular weight excluding hydrogens is 406 g/mol. The summed E-state index contributed by atoms with van der Waals surface area (Å²) in [5.74, 6) is 1.26. The molecule has 5 rings (SSSR count). The Morgan fingerprint density at radius 1 is 1.25 bits per heavy atom. The number of nitrogens with one attached hydrogen (secondary N) is 1. The quantitative estimate of drug-likeness (QED) is 0.750. The lowest BCUT2D eigenvalue weighted by atomic mass is 9.68. The molecule has 1 aromatic carbocycles. The van der Waals surface area contributed by atoms with Gasteiger partial charge in [0.2, 0.25) is 11.8 Å². The van der Waals surface area contributed by atoms with Gasteiger partial charge < -0.3 is 24.6 Å². The number of carbonyl (C=O) groups excluding carboxylic acids is 2. The highest BCUT2D eigenvalue weighted by molar-refractivity contribution is 5.89. The third-order valence-corrected chi connectivity index (χ3v) is 7.67. The maximum atomic E-state index is 13.3. The number of ether oxygens (including phenoxy) is 1. The normalized spacial score (nSPS) is 22.3. The average Bonchev–Trinajstić information content (AvgIpc) is 3.58. The van der Waals surface area contributed by atoms with Gasteiger partial charge in [-0.2, -0.15) is 0 Å². The Kier molecular flexibility index (Phi) is 5.40. The maximum absolute atomic E-state index is 13.3. The molecule has 0 unspecified atom stereocenters. The van der Waals surface area contributed by atoms with Gasteiger partial charge in [0.25, 0.3) is 0 Å². The fourth-order valence-corrected chi connectivity index (χ4v) is 5.77. The second kappa shape index (κ2) is 8.10. The number of likely N-dealkylation sites (tertiary alicyclic amines) is 1. The fraction of sp³-hybridized carbons (Fsp3) is 0.600. The molecule has 0 radical (unpaired) electrons. The number of piperidine rings is 1. The van der Waals surface area contributed by atoms with E-state index >= 15 is 0 Å². The number of aliphatic hydroxyl groups is 1. The molecule has 1 atom stereocenters. The van der Waals surface area contributed by atoms with E-state index in [9.17, 15) is 14.7 Å². The van der Waals surface area contributed by atoms with Crippen LogP contribution in [0.3, 0.4) is 0 Å². The molecule has 172 valence electrons.